The predicted molar refractivity (Wildman–Crippen MR) is 94.8 cm³/mol. The smallest absolute Gasteiger partial charge is 0.326 e. The first-order valence-corrected chi connectivity index (χ1v) is 10.5. The van der Waals surface area contributed by atoms with Gasteiger partial charge in [0.1, 0.15) is 6.04 Å². The van der Waals surface area contributed by atoms with E-state index in [4.69, 9.17) is 0 Å². The number of aryl methyl sites for hydroxylation is 1. The highest BCUT2D eigenvalue weighted by molar-refractivity contribution is 7.57. The number of benzene rings is 1. The molecular weight excluding hydrogens is 343 g/mol. The van der Waals surface area contributed by atoms with E-state index in [0.29, 0.717) is 25.8 Å². The van der Waals surface area contributed by atoms with Crippen LogP contribution in [0.5, 0.6) is 0 Å². The molecular formula is C17H25N2O5P. The number of nitrogens with zero attached hydrogens (tertiary/aromatic N) is 2. The molecule has 2 N–H and O–H groups in total. The van der Waals surface area contributed by atoms with Crippen molar-refractivity contribution in [3.05, 3.63) is 35.9 Å². The number of urea groups is 1. The van der Waals surface area contributed by atoms with E-state index in [9.17, 15) is 24.2 Å². The molecule has 25 heavy (non-hydrogen) atoms. The number of hydrogen-bond donors (Lipinski definition) is 2. The van der Waals surface area contributed by atoms with Crippen molar-refractivity contribution in [3.8, 4) is 0 Å². The zero-order valence-electron chi connectivity index (χ0n) is 14.4. The SMILES string of the molecule is CCN(CP(=O)(O)CCc1ccccc1)C(=O)N1CCC[C@H]1C(=O)O. The molecule has 0 spiro atoms. The largest absolute Gasteiger partial charge is 0.480 e. The summed E-state index contributed by atoms with van der Waals surface area (Å²) in [5.41, 5.74) is 0.969. The Balaban J connectivity index is 1.98. The van der Waals surface area contributed by atoms with Gasteiger partial charge in [0.05, 0.1) is 6.29 Å². The Bertz CT molecular complexity index is 652. The van der Waals surface area contributed by atoms with E-state index in [1.54, 1.807) is 6.92 Å². The van der Waals surface area contributed by atoms with Crippen LogP contribution in [-0.2, 0) is 15.8 Å². The number of carbonyl (C=O) groups excluding carboxylic acids is 1. The predicted octanol–water partition coefficient (Wildman–Crippen LogP) is 2.45. The third kappa shape index (κ3) is 5.31. The minimum absolute atomic E-state index is 0.0865. The average molecular weight is 368 g/mol. The van der Waals surface area contributed by atoms with E-state index in [1.165, 1.54) is 9.80 Å². The molecule has 0 bridgehead atoms. The van der Waals surface area contributed by atoms with Crippen LogP contribution in [0.3, 0.4) is 0 Å². The van der Waals surface area contributed by atoms with Gasteiger partial charge in [-0.1, -0.05) is 30.3 Å². The molecule has 0 radical (unpaired) electrons. The topological polar surface area (TPSA) is 98.2 Å². The van der Waals surface area contributed by atoms with Gasteiger partial charge in [-0.05, 0) is 31.7 Å². The second-order valence-corrected chi connectivity index (χ2v) is 8.70. The minimum atomic E-state index is -3.54. The third-order valence-corrected chi connectivity index (χ3v) is 6.13. The monoisotopic (exact) mass is 368 g/mol. The van der Waals surface area contributed by atoms with Crippen molar-refractivity contribution in [1.29, 1.82) is 0 Å². The van der Waals surface area contributed by atoms with Gasteiger partial charge >= 0.3 is 12.0 Å². The molecule has 1 aromatic rings. The van der Waals surface area contributed by atoms with Gasteiger partial charge in [-0.2, -0.15) is 0 Å². The van der Waals surface area contributed by atoms with Crippen molar-refractivity contribution in [2.75, 3.05) is 25.5 Å². The number of carboxylic acid groups (broad SMARTS) is 1. The molecule has 1 fully saturated rings. The molecule has 0 saturated carbocycles. The Labute approximate surface area is 147 Å². The molecule has 2 atom stereocenters. The van der Waals surface area contributed by atoms with E-state index in [-0.39, 0.29) is 19.0 Å². The molecule has 1 unspecified atom stereocenters. The fourth-order valence-electron chi connectivity index (χ4n) is 3.02. The first kappa shape index (κ1) is 19.5. The summed E-state index contributed by atoms with van der Waals surface area (Å²) in [5, 5.41) is 9.21. The fraction of sp³-hybridized carbons (Fsp3) is 0.529. The second-order valence-electron chi connectivity index (χ2n) is 6.28. The Morgan fingerprint density at radius 3 is 2.60 bits per heavy atom. The van der Waals surface area contributed by atoms with E-state index < -0.39 is 25.4 Å². The van der Waals surface area contributed by atoms with Gasteiger partial charge < -0.3 is 19.8 Å². The molecule has 2 rings (SSSR count). The van der Waals surface area contributed by atoms with Crippen LogP contribution in [0.4, 0.5) is 4.79 Å². The van der Waals surface area contributed by atoms with Gasteiger partial charge in [0, 0.05) is 19.3 Å². The Kier molecular flexibility index (Phi) is 6.62. The van der Waals surface area contributed by atoms with Gasteiger partial charge in [0.25, 0.3) is 0 Å². The van der Waals surface area contributed by atoms with Crippen molar-refractivity contribution in [2.45, 2.75) is 32.2 Å². The van der Waals surface area contributed by atoms with Crippen molar-refractivity contribution in [2.24, 2.45) is 0 Å². The van der Waals surface area contributed by atoms with E-state index >= 15 is 0 Å². The van der Waals surface area contributed by atoms with Crippen molar-refractivity contribution >= 4 is 19.4 Å². The number of hydrogen-bond acceptors (Lipinski definition) is 3. The Morgan fingerprint density at radius 2 is 2.00 bits per heavy atom. The van der Waals surface area contributed by atoms with E-state index in [2.05, 4.69) is 0 Å². The van der Waals surface area contributed by atoms with Crippen LogP contribution in [-0.4, -0.2) is 63.4 Å². The van der Waals surface area contributed by atoms with E-state index in [1.807, 2.05) is 30.3 Å². The van der Waals surface area contributed by atoms with Gasteiger partial charge in [0.15, 0.2) is 0 Å². The lowest BCUT2D eigenvalue weighted by atomic mass is 10.2. The third-order valence-electron chi connectivity index (χ3n) is 4.42. The first-order valence-electron chi connectivity index (χ1n) is 8.47. The van der Waals surface area contributed by atoms with Crippen LogP contribution in [0.2, 0.25) is 0 Å². The molecule has 8 heteroatoms. The number of aliphatic carboxylic acids is 1. The summed E-state index contributed by atoms with van der Waals surface area (Å²) in [6.45, 7) is 2.35. The zero-order chi connectivity index (χ0) is 18.4. The molecule has 1 aliphatic rings. The molecule has 1 saturated heterocycles. The standard InChI is InChI=1S/C17H25N2O5P/c1-2-18(17(22)19-11-6-9-15(19)16(20)21)13-25(23,24)12-10-14-7-4-3-5-8-14/h3-5,7-8,15H,2,6,9-13H2,1H3,(H,20,21)(H,23,24)/t15-/m0/s1. The van der Waals surface area contributed by atoms with Crippen molar-refractivity contribution < 1.29 is 24.2 Å². The second kappa shape index (κ2) is 8.50. The summed E-state index contributed by atoms with van der Waals surface area (Å²) in [4.78, 5) is 36.7. The maximum atomic E-state index is 12.6. The summed E-state index contributed by atoms with van der Waals surface area (Å²) in [6, 6.07) is 8.10. The summed E-state index contributed by atoms with van der Waals surface area (Å²) in [5.74, 6) is -1.03. The van der Waals surface area contributed by atoms with Crippen LogP contribution in [0, 0.1) is 0 Å². The highest BCUT2D eigenvalue weighted by Gasteiger charge is 2.37. The summed E-state index contributed by atoms with van der Waals surface area (Å²) in [6.07, 6.45) is 1.34. The minimum Gasteiger partial charge on any atom is -0.480 e. The number of amides is 2. The average Bonchev–Trinajstić information content (AvgIpc) is 3.08. The van der Waals surface area contributed by atoms with Crippen molar-refractivity contribution in [1.82, 2.24) is 9.80 Å². The normalized spacial score (nSPS) is 19.4. The van der Waals surface area contributed by atoms with Gasteiger partial charge in [-0.25, -0.2) is 9.59 Å². The molecule has 1 aliphatic heterocycles. The van der Waals surface area contributed by atoms with Crippen molar-refractivity contribution in [3.63, 3.8) is 0 Å². The molecule has 2 amide bonds. The highest BCUT2D eigenvalue weighted by Crippen LogP contribution is 2.42. The van der Waals surface area contributed by atoms with E-state index in [0.717, 1.165) is 5.56 Å². The molecule has 0 aromatic heterocycles. The van der Waals surface area contributed by atoms with Crippen LogP contribution in [0.1, 0.15) is 25.3 Å². The molecule has 1 aromatic carbocycles. The molecule has 7 nitrogen and oxygen atoms in total. The lowest BCUT2D eigenvalue weighted by Crippen LogP contribution is -2.48. The van der Waals surface area contributed by atoms with Crippen LogP contribution in [0.25, 0.3) is 0 Å². The van der Waals surface area contributed by atoms with Crippen LogP contribution in [0.15, 0.2) is 30.3 Å². The van der Waals surface area contributed by atoms with Crippen LogP contribution < -0.4 is 0 Å². The zero-order valence-corrected chi connectivity index (χ0v) is 15.3. The quantitative estimate of drug-likeness (QED) is 0.721. The molecule has 0 aliphatic carbocycles. The summed E-state index contributed by atoms with van der Waals surface area (Å²) < 4.78 is 12.5. The number of carbonyl (C=O) groups is 2. The summed E-state index contributed by atoms with van der Waals surface area (Å²) >= 11 is 0. The van der Waals surface area contributed by atoms with Gasteiger partial charge in [-0.15, -0.1) is 0 Å². The number of carboxylic acids is 1. The molecule has 138 valence electrons. The highest BCUT2D eigenvalue weighted by atomic mass is 31.2. The number of likely N-dealkylation sites (tertiary alicyclic amines) is 1. The fourth-order valence-corrected chi connectivity index (χ4v) is 4.62. The van der Waals surface area contributed by atoms with Crippen LogP contribution >= 0.6 is 7.37 Å². The van der Waals surface area contributed by atoms with Gasteiger partial charge in [-0.3, -0.25) is 4.57 Å². The first-order chi connectivity index (χ1) is 11.8. The maximum absolute atomic E-state index is 12.6. The lowest BCUT2D eigenvalue weighted by molar-refractivity contribution is -0.141. The Morgan fingerprint density at radius 1 is 1.32 bits per heavy atom. The number of rotatable bonds is 7. The molecule has 1 heterocycles. The lowest BCUT2D eigenvalue weighted by Gasteiger charge is -2.30. The van der Waals surface area contributed by atoms with Gasteiger partial charge in [0.2, 0.25) is 7.37 Å². The Hall–Kier alpha value is -1.85. The maximum Gasteiger partial charge on any atom is 0.326 e. The summed E-state index contributed by atoms with van der Waals surface area (Å²) in [7, 11) is -3.54.